The summed E-state index contributed by atoms with van der Waals surface area (Å²) in [5, 5.41) is 4.52. The topological polar surface area (TPSA) is 60.0 Å². The first-order valence-electron chi connectivity index (χ1n) is 6.34. The fraction of sp³-hybridized carbons (Fsp3) is 0.538. The lowest BCUT2D eigenvalue weighted by molar-refractivity contribution is 0.699. The van der Waals surface area contributed by atoms with Gasteiger partial charge in [-0.3, -0.25) is 4.68 Å². The molecular formula is C13H21N5S. The summed E-state index contributed by atoms with van der Waals surface area (Å²) in [6.07, 6.45) is 0. The molecule has 0 radical (unpaired) electrons. The van der Waals surface area contributed by atoms with Crippen LogP contribution < -0.4 is 10.6 Å². The summed E-state index contributed by atoms with van der Waals surface area (Å²) in [5.74, 6) is 1.30. The number of thiazole rings is 1. The van der Waals surface area contributed by atoms with Gasteiger partial charge in [-0.2, -0.15) is 5.10 Å². The molecule has 0 atom stereocenters. The summed E-state index contributed by atoms with van der Waals surface area (Å²) in [5.41, 5.74) is 10.9. The van der Waals surface area contributed by atoms with Crippen LogP contribution in [0.3, 0.4) is 0 Å². The molecule has 0 amide bonds. The van der Waals surface area contributed by atoms with Crippen LogP contribution in [0.15, 0.2) is 5.51 Å². The van der Waals surface area contributed by atoms with E-state index in [9.17, 15) is 0 Å². The minimum atomic E-state index is 0.332. The molecule has 2 rings (SSSR count). The number of nitrogens with two attached hydrogens (primary N) is 1. The van der Waals surface area contributed by atoms with Crippen molar-refractivity contribution in [2.45, 2.75) is 33.2 Å². The van der Waals surface area contributed by atoms with Crippen molar-refractivity contribution < 1.29 is 0 Å². The SMILES string of the molecule is Cc1ncsc1CN(C)c1c(N)c(C(C)C)nn1C. The molecule has 0 saturated carbocycles. The maximum atomic E-state index is 6.24. The van der Waals surface area contributed by atoms with Crippen LogP contribution in [-0.2, 0) is 13.6 Å². The normalized spacial score (nSPS) is 11.3. The van der Waals surface area contributed by atoms with Crippen LogP contribution >= 0.6 is 11.3 Å². The number of hydrogen-bond acceptors (Lipinski definition) is 5. The average Bonchev–Trinajstić information content (AvgIpc) is 2.84. The zero-order valence-corrected chi connectivity index (χ0v) is 13.0. The maximum Gasteiger partial charge on any atom is 0.150 e. The Morgan fingerprint density at radius 2 is 2.16 bits per heavy atom. The highest BCUT2D eigenvalue weighted by atomic mass is 32.1. The standard InChI is InChI=1S/C13H21N5S/c1-8(2)12-11(14)13(18(5)16-12)17(4)6-10-9(3)15-7-19-10/h7-8H,6,14H2,1-5H3. The molecule has 0 fully saturated rings. The molecule has 104 valence electrons. The van der Waals surface area contributed by atoms with Crippen LogP contribution in [0.5, 0.6) is 0 Å². The van der Waals surface area contributed by atoms with E-state index >= 15 is 0 Å². The number of rotatable bonds is 4. The van der Waals surface area contributed by atoms with Crippen molar-refractivity contribution in [1.29, 1.82) is 0 Å². The molecule has 2 aromatic rings. The van der Waals surface area contributed by atoms with Gasteiger partial charge in [-0.25, -0.2) is 4.98 Å². The number of nitrogens with zero attached hydrogens (tertiary/aromatic N) is 4. The van der Waals surface area contributed by atoms with Crippen LogP contribution in [0.2, 0.25) is 0 Å². The smallest absolute Gasteiger partial charge is 0.150 e. The van der Waals surface area contributed by atoms with E-state index in [1.807, 2.05) is 31.2 Å². The zero-order chi connectivity index (χ0) is 14.2. The minimum absolute atomic E-state index is 0.332. The highest BCUT2D eigenvalue weighted by Gasteiger charge is 2.19. The summed E-state index contributed by atoms with van der Waals surface area (Å²) in [6.45, 7) is 7.05. The van der Waals surface area contributed by atoms with Gasteiger partial charge in [0.25, 0.3) is 0 Å². The second-order valence-electron chi connectivity index (χ2n) is 5.12. The Labute approximate surface area is 118 Å². The summed E-state index contributed by atoms with van der Waals surface area (Å²) in [7, 11) is 3.98. The lowest BCUT2D eigenvalue weighted by Gasteiger charge is -2.19. The van der Waals surface area contributed by atoms with Crippen LogP contribution in [-0.4, -0.2) is 21.8 Å². The highest BCUT2D eigenvalue weighted by Crippen LogP contribution is 2.31. The van der Waals surface area contributed by atoms with Gasteiger partial charge in [-0.05, 0) is 12.8 Å². The van der Waals surface area contributed by atoms with E-state index < -0.39 is 0 Å². The Bertz CT molecular complexity index is 570. The van der Waals surface area contributed by atoms with Crippen molar-refractivity contribution in [1.82, 2.24) is 14.8 Å². The van der Waals surface area contributed by atoms with Gasteiger partial charge < -0.3 is 10.6 Å². The third kappa shape index (κ3) is 2.58. The fourth-order valence-electron chi connectivity index (χ4n) is 2.20. The van der Waals surface area contributed by atoms with E-state index in [1.54, 1.807) is 11.3 Å². The Balaban J connectivity index is 2.29. The van der Waals surface area contributed by atoms with Gasteiger partial charge in [-0.15, -0.1) is 11.3 Å². The van der Waals surface area contributed by atoms with Gasteiger partial charge in [0.15, 0.2) is 0 Å². The first-order valence-corrected chi connectivity index (χ1v) is 7.22. The summed E-state index contributed by atoms with van der Waals surface area (Å²) in [6, 6.07) is 0. The van der Waals surface area contributed by atoms with Crippen LogP contribution in [0.4, 0.5) is 11.5 Å². The molecule has 6 heteroatoms. The Morgan fingerprint density at radius 1 is 1.47 bits per heavy atom. The number of anilines is 2. The van der Waals surface area contributed by atoms with Crippen LogP contribution in [0.25, 0.3) is 0 Å². The largest absolute Gasteiger partial charge is 0.394 e. The van der Waals surface area contributed by atoms with Crippen molar-refractivity contribution >= 4 is 22.8 Å². The number of hydrogen-bond donors (Lipinski definition) is 1. The van der Waals surface area contributed by atoms with Crippen molar-refractivity contribution in [3.63, 3.8) is 0 Å². The van der Waals surface area contributed by atoms with E-state index in [-0.39, 0.29) is 0 Å². The maximum absolute atomic E-state index is 6.24. The second kappa shape index (κ2) is 5.21. The predicted molar refractivity (Wildman–Crippen MR) is 80.7 cm³/mol. The molecule has 0 aliphatic carbocycles. The number of aryl methyl sites for hydroxylation is 2. The Kier molecular flexibility index (Phi) is 3.80. The molecule has 0 unspecified atom stereocenters. The first-order chi connectivity index (χ1) is 8.91. The number of aromatic nitrogens is 3. The summed E-state index contributed by atoms with van der Waals surface area (Å²) >= 11 is 1.67. The van der Waals surface area contributed by atoms with Gasteiger partial charge in [0, 0.05) is 19.0 Å². The molecular weight excluding hydrogens is 258 g/mol. The minimum Gasteiger partial charge on any atom is -0.394 e. The highest BCUT2D eigenvalue weighted by molar-refractivity contribution is 7.09. The first kappa shape index (κ1) is 13.9. The van der Waals surface area contributed by atoms with Gasteiger partial charge >= 0.3 is 0 Å². The van der Waals surface area contributed by atoms with E-state index in [0.29, 0.717) is 5.92 Å². The van der Waals surface area contributed by atoms with E-state index in [2.05, 4.69) is 28.8 Å². The quantitative estimate of drug-likeness (QED) is 0.934. The van der Waals surface area contributed by atoms with Crippen molar-refractivity contribution in [3.05, 3.63) is 21.8 Å². The molecule has 0 aliphatic heterocycles. The van der Waals surface area contributed by atoms with Crippen molar-refractivity contribution in [2.24, 2.45) is 7.05 Å². The van der Waals surface area contributed by atoms with Crippen LogP contribution in [0.1, 0.15) is 36.0 Å². The van der Waals surface area contributed by atoms with Gasteiger partial charge in [0.2, 0.25) is 0 Å². The molecule has 0 aliphatic rings. The number of nitrogen functional groups attached to an aromatic ring is 1. The third-order valence-electron chi connectivity index (χ3n) is 3.22. The van der Waals surface area contributed by atoms with E-state index in [0.717, 1.165) is 29.4 Å². The summed E-state index contributed by atoms with van der Waals surface area (Å²) in [4.78, 5) is 7.67. The van der Waals surface area contributed by atoms with E-state index in [1.165, 1.54) is 4.88 Å². The van der Waals surface area contributed by atoms with Crippen LogP contribution in [0, 0.1) is 6.92 Å². The third-order valence-corrected chi connectivity index (χ3v) is 4.14. The van der Waals surface area contributed by atoms with Gasteiger partial charge in [-0.1, -0.05) is 13.8 Å². The molecule has 0 saturated heterocycles. The lowest BCUT2D eigenvalue weighted by Crippen LogP contribution is -2.20. The lowest BCUT2D eigenvalue weighted by atomic mass is 10.1. The Morgan fingerprint density at radius 3 is 2.63 bits per heavy atom. The molecule has 2 heterocycles. The van der Waals surface area contributed by atoms with Crippen molar-refractivity contribution in [2.75, 3.05) is 17.7 Å². The van der Waals surface area contributed by atoms with Gasteiger partial charge in [0.1, 0.15) is 5.82 Å². The zero-order valence-electron chi connectivity index (χ0n) is 12.1. The fourth-order valence-corrected chi connectivity index (χ4v) is 3.03. The van der Waals surface area contributed by atoms with Crippen molar-refractivity contribution in [3.8, 4) is 0 Å². The molecule has 19 heavy (non-hydrogen) atoms. The van der Waals surface area contributed by atoms with Gasteiger partial charge in [0.05, 0.1) is 29.1 Å². The molecule has 2 N–H and O–H groups in total. The second-order valence-corrected chi connectivity index (χ2v) is 6.06. The molecule has 0 spiro atoms. The summed E-state index contributed by atoms with van der Waals surface area (Å²) < 4.78 is 1.86. The predicted octanol–water partition coefficient (Wildman–Crippen LogP) is 2.53. The Hall–Kier alpha value is -1.56. The van der Waals surface area contributed by atoms with E-state index in [4.69, 9.17) is 5.73 Å². The molecule has 0 bridgehead atoms. The molecule has 2 aromatic heterocycles. The monoisotopic (exact) mass is 279 g/mol. The molecule has 5 nitrogen and oxygen atoms in total. The average molecular weight is 279 g/mol. The molecule has 0 aromatic carbocycles.